The molecule has 0 aliphatic carbocycles. The third-order valence-corrected chi connectivity index (χ3v) is 5.12. The summed E-state index contributed by atoms with van der Waals surface area (Å²) in [5, 5.41) is 2.99. The van der Waals surface area contributed by atoms with E-state index in [2.05, 4.69) is 4.98 Å². The first-order valence-corrected chi connectivity index (χ1v) is 10.0. The van der Waals surface area contributed by atoms with E-state index in [0.29, 0.717) is 42.5 Å². The SMILES string of the molecule is Cc1nc(COc2ccc(C(=O)N(Cc3ccco3)Cc3ccco3)cc2)cs1. The second-order valence-electron chi connectivity index (χ2n) is 6.49. The predicted octanol–water partition coefficient (Wildman–Crippen LogP) is 5.06. The van der Waals surface area contributed by atoms with Crippen LogP contribution in [0.1, 0.15) is 32.6 Å². The van der Waals surface area contributed by atoms with E-state index in [1.54, 1.807) is 65.2 Å². The summed E-state index contributed by atoms with van der Waals surface area (Å²) < 4.78 is 16.6. The quantitative estimate of drug-likeness (QED) is 0.408. The minimum Gasteiger partial charge on any atom is -0.487 e. The van der Waals surface area contributed by atoms with Crippen molar-refractivity contribution in [3.8, 4) is 5.75 Å². The molecule has 6 nitrogen and oxygen atoms in total. The highest BCUT2D eigenvalue weighted by molar-refractivity contribution is 7.09. The fourth-order valence-corrected chi connectivity index (χ4v) is 3.49. The summed E-state index contributed by atoms with van der Waals surface area (Å²) in [5.74, 6) is 2.00. The Hall–Kier alpha value is -3.32. The Bertz CT molecular complexity index is 1000. The van der Waals surface area contributed by atoms with Crippen molar-refractivity contribution in [1.29, 1.82) is 0 Å². The number of aromatic nitrogens is 1. The van der Waals surface area contributed by atoms with Gasteiger partial charge >= 0.3 is 0 Å². The number of nitrogens with zero attached hydrogens (tertiary/aromatic N) is 2. The highest BCUT2D eigenvalue weighted by atomic mass is 32.1. The molecular formula is C22H20N2O4S. The van der Waals surface area contributed by atoms with Crippen LogP contribution in [0.15, 0.2) is 75.3 Å². The summed E-state index contributed by atoms with van der Waals surface area (Å²) in [6, 6.07) is 14.4. The largest absolute Gasteiger partial charge is 0.487 e. The monoisotopic (exact) mass is 408 g/mol. The molecule has 0 saturated heterocycles. The molecule has 0 N–H and O–H groups in total. The van der Waals surface area contributed by atoms with E-state index in [9.17, 15) is 4.79 Å². The van der Waals surface area contributed by atoms with Crippen LogP contribution in [-0.4, -0.2) is 15.8 Å². The van der Waals surface area contributed by atoms with Crippen LogP contribution in [0.5, 0.6) is 5.75 Å². The molecule has 0 aliphatic rings. The van der Waals surface area contributed by atoms with Gasteiger partial charge in [-0.15, -0.1) is 11.3 Å². The third-order valence-electron chi connectivity index (χ3n) is 4.30. The minimum atomic E-state index is -0.112. The van der Waals surface area contributed by atoms with Crippen LogP contribution in [0.2, 0.25) is 0 Å². The fourth-order valence-electron chi connectivity index (χ4n) is 2.89. The van der Waals surface area contributed by atoms with E-state index < -0.39 is 0 Å². The Kier molecular flexibility index (Phi) is 5.76. The number of furan rings is 2. The summed E-state index contributed by atoms with van der Waals surface area (Å²) in [6.45, 7) is 3.08. The Labute approximate surface area is 172 Å². The Morgan fingerprint density at radius 1 is 1.03 bits per heavy atom. The number of carbonyl (C=O) groups is 1. The van der Waals surface area contributed by atoms with E-state index in [1.807, 2.05) is 24.4 Å². The van der Waals surface area contributed by atoms with Crippen molar-refractivity contribution >= 4 is 17.2 Å². The lowest BCUT2D eigenvalue weighted by Gasteiger charge is -2.21. The molecule has 0 aliphatic heterocycles. The van der Waals surface area contributed by atoms with Crippen molar-refractivity contribution in [3.63, 3.8) is 0 Å². The molecule has 3 heterocycles. The number of hydrogen-bond acceptors (Lipinski definition) is 6. The van der Waals surface area contributed by atoms with Crippen LogP contribution in [0.3, 0.4) is 0 Å². The van der Waals surface area contributed by atoms with Gasteiger partial charge in [-0.1, -0.05) is 0 Å². The first kappa shape index (κ1) is 19.0. The Morgan fingerprint density at radius 3 is 2.21 bits per heavy atom. The first-order chi connectivity index (χ1) is 14.2. The number of ether oxygens (including phenoxy) is 1. The summed E-state index contributed by atoms with van der Waals surface area (Å²) in [6.07, 6.45) is 3.20. The number of thiazole rings is 1. The zero-order valence-electron chi connectivity index (χ0n) is 15.9. The van der Waals surface area contributed by atoms with E-state index in [1.165, 1.54) is 0 Å². The molecule has 0 fully saturated rings. The van der Waals surface area contributed by atoms with E-state index in [0.717, 1.165) is 10.7 Å². The van der Waals surface area contributed by atoms with E-state index >= 15 is 0 Å². The maximum Gasteiger partial charge on any atom is 0.254 e. The summed E-state index contributed by atoms with van der Waals surface area (Å²) in [4.78, 5) is 19.2. The van der Waals surface area contributed by atoms with Gasteiger partial charge in [0.25, 0.3) is 5.91 Å². The van der Waals surface area contributed by atoms with Crippen LogP contribution < -0.4 is 4.74 Å². The molecule has 0 unspecified atom stereocenters. The molecule has 0 bridgehead atoms. The number of rotatable bonds is 8. The zero-order chi connectivity index (χ0) is 20.1. The number of hydrogen-bond donors (Lipinski definition) is 0. The topological polar surface area (TPSA) is 68.7 Å². The molecule has 3 aromatic heterocycles. The molecular weight excluding hydrogens is 388 g/mol. The predicted molar refractivity (Wildman–Crippen MR) is 109 cm³/mol. The van der Waals surface area contributed by atoms with Crippen molar-refractivity contribution in [2.75, 3.05) is 0 Å². The summed E-state index contributed by atoms with van der Waals surface area (Å²) in [5.41, 5.74) is 1.47. The minimum absolute atomic E-state index is 0.112. The molecule has 148 valence electrons. The van der Waals surface area contributed by atoms with Crippen LogP contribution in [0.4, 0.5) is 0 Å². The highest BCUT2D eigenvalue weighted by Gasteiger charge is 2.19. The van der Waals surface area contributed by atoms with Crippen molar-refractivity contribution < 1.29 is 18.4 Å². The van der Waals surface area contributed by atoms with Crippen molar-refractivity contribution in [2.45, 2.75) is 26.6 Å². The average Bonchev–Trinajstić information content (AvgIpc) is 3.50. The smallest absolute Gasteiger partial charge is 0.254 e. The lowest BCUT2D eigenvalue weighted by Crippen LogP contribution is -2.29. The van der Waals surface area contributed by atoms with Gasteiger partial charge in [0.2, 0.25) is 0 Å². The maximum atomic E-state index is 13.1. The fraction of sp³-hybridized carbons (Fsp3) is 0.182. The Balaban J connectivity index is 1.44. The molecule has 4 rings (SSSR count). The maximum absolute atomic E-state index is 13.1. The van der Waals surface area contributed by atoms with Crippen molar-refractivity contribution in [1.82, 2.24) is 9.88 Å². The van der Waals surface area contributed by atoms with Gasteiger partial charge in [0.05, 0.1) is 36.3 Å². The molecule has 4 aromatic rings. The molecule has 0 atom stereocenters. The van der Waals surface area contributed by atoms with Gasteiger partial charge in [-0.3, -0.25) is 4.79 Å². The molecule has 7 heteroatoms. The van der Waals surface area contributed by atoms with Gasteiger partial charge in [-0.05, 0) is 55.5 Å². The molecule has 0 radical (unpaired) electrons. The number of benzene rings is 1. The van der Waals surface area contributed by atoms with Crippen LogP contribution in [0.25, 0.3) is 0 Å². The van der Waals surface area contributed by atoms with Gasteiger partial charge in [0.15, 0.2) is 0 Å². The second-order valence-corrected chi connectivity index (χ2v) is 7.55. The normalized spacial score (nSPS) is 10.8. The first-order valence-electron chi connectivity index (χ1n) is 9.15. The molecule has 1 amide bonds. The highest BCUT2D eigenvalue weighted by Crippen LogP contribution is 2.19. The zero-order valence-corrected chi connectivity index (χ0v) is 16.7. The summed E-state index contributed by atoms with van der Waals surface area (Å²) >= 11 is 1.60. The van der Waals surface area contributed by atoms with Crippen LogP contribution >= 0.6 is 11.3 Å². The van der Waals surface area contributed by atoms with Gasteiger partial charge < -0.3 is 18.5 Å². The van der Waals surface area contributed by atoms with Crippen molar-refractivity contribution in [3.05, 3.63) is 94.2 Å². The van der Waals surface area contributed by atoms with E-state index in [4.69, 9.17) is 13.6 Å². The lowest BCUT2D eigenvalue weighted by molar-refractivity contribution is 0.0705. The summed E-state index contributed by atoms with van der Waals surface area (Å²) in [7, 11) is 0. The molecule has 0 saturated carbocycles. The molecule has 0 spiro atoms. The average molecular weight is 408 g/mol. The number of aryl methyl sites for hydroxylation is 1. The molecule has 1 aromatic carbocycles. The van der Waals surface area contributed by atoms with Gasteiger partial charge in [0.1, 0.15) is 23.9 Å². The molecule has 29 heavy (non-hydrogen) atoms. The van der Waals surface area contributed by atoms with E-state index in [-0.39, 0.29) is 5.91 Å². The van der Waals surface area contributed by atoms with Gasteiger partial charge in [-0.25, -0.2) is 4.98 Å². The van der Waals surface area contributed by atoms with Gasteiger partial charge in [0, 0.05) is 10.9 Å². The second kappa shape index (κ2) is 8.79. The van der Waals surface area contributed by atoms with Crippen LogP contribution in [0, 0.1) is 6.92 Å². The van der Waals surface area contributed by atoms with Gasteiger partial charge in [-0.2, -0.15) is 0 Å². The van der Waals surface area contributed by atoms with Crippen molar-refractivity contribution in [2.24, 2.45) is 0 Å². The standard InChI is InChI=1S/C22H20N2O4S/c1-16-23-18(15-29-16)14-28-19-8-6-17(7-9-19)22(25)24(12-20-4-2-10-26-20)13-21-5-3-11-27-21/h2-11,15H,12-14H2,1H3. The number of amides is 1. The lowest BCUT2D eigenvalue weighted by atomic mass is 10.2. The Morgan fingerprint density at radius 2 is 1.69 bits per heavy atom. The number of carbonyl (C=O) groups excluding carboxylic acids is 1. The third kappa shape index (κ3) is 4.94. The van der Waals surface area contributed by atoms with Crippen LogP contribution in [-0.2, 0) is 19.7 Å².